The monoisotopic (exact) mass is 287 g/mol. The van der Waals surface area contributed by atoms with Crippen LogP contribution in [0.3, 0.4) is 0 Å². The number of hydrogen-bond acceptors (Lipinski definition) is 4. The Kier molecular flexibility index (Phi) is 3.37. The maximum Gasteiger partial charge on any atom is 0.249 e. The van der Waals surface area contributed by atoms with Crippen LogP contribution in [-0.2, 0) is 14.4 Å². The molecule has 1 aliphatic carbocycles. The molecule has 1 fully saturated rings. The van der Waals surface area contributed by atoms with Crippen LogP contribution in [0, 0.1) is 5.92 Å². The predicted molar refractivity (Wildman–Crippen MR) is 75.7 cm³/mol. The topological polar surface area (TPSA) is 78.5 Å². The molecule has 6 heteroatoms. The summed E-state index contributed by atoms with van der Waals surface area (Å²) in [5.41, 5.74) is 1.91. The number of likely N-dealkylation sites (N-methyl/N-ethyl adjacent to an activating group) is 1. The number of amides is 3. The van der Waals surface area contributed by atoms with Gasteiger partial charge in [-0.1, -0.05) is 12.2 Å². The van der Waals surface area contributed by atoms with E-state index >= 15 is 0 Å². The summed E-state index contributed by atoms with van der Waals surface area (Å²) in [6.45, 7) is 0.401. The van der Waals surface area contributed by atoms with Gasteiger partial charge in [0.2, 0.25) is 17.7 Å². The third-order valence-electron chi connectivity index (χ3n) is 4.10. The molecule has 2 heterocycles. The van der Waals surface area contributed by atoms with Crippen LogP contribution < -0.4 is 10.6 Å². The van der Waals surface area contributed by atoms with Crippen LogP contribution in [0.15, 0.2) is 35.6 Å². The van der Waals surface area contributed by atoms with E-state index in [4.69, 9.17) is 0 Å². The van der Waals surface area contributed by atoms with Crippen molar-refractivity contribution in [2.75, 3.05) is 13.6 Å². The number of nitrogens with one attached hydrogen (secondary N) is 2. The van der Waals surface area contributed by atoms with Gasteiger partial charge in [-0.25, -0.2) is 0 Å². The third kappa shape index (κ3) is 2.37. The number of hydrogen-bond donors (Lipinski definition) is 2. The van der Waals surface area contributed by atoms with Crippen molar-refractivity contribution in [2.24, 2.45) is 5.92 Å². The molecule has 2 atom stereocenters. The number of nitrogens with zero attached hydrogens (tertiary/aromatic N) is 1. The molecule has 1 saturated heterocycles. The molecular formula is C15H17N3O3. The lowest BCUT2D eigenvalue weighted by Gasteiger charge is -2.37. The first kappa shape index (κ1) is 13.6. The van der Waals surface area contributed by atoms with Crippen LogP contribution >= 0.6 is 0 Å². The maximum absolute atomic E-state index is 12.6. The molecule has 3 aliphatic rings. The molecule has 2 aliphatic heterocycles. The van der Waals surface area contributed by atoms with Crippen molar-refractivity contribution in [1.29, 1.82) is 0 Å². The van der Waals surface area contributed by atoms with E-state index in [0.717, 1.165) is 11.3 Å². The minimum absolute atomic E-state index is 0.0790. The minimum Gasteiger partial charge on any atom is -0.388 e. The predicted octanol–water partition coefficient (Wildman–Crippen LogP) is -0.151. The number of allylic oxidation sites excluding steroid dienone is 2. The molecule has 2 unspecified atom stereocenters. The summed E-state index contributed by atoms with van der Waals surface area (Å²) < 4.78 is 0. The number of carbonyl (C=O) groups is 3. The maximum atomic E-state index is 12.6. The Morgan fingerprint density at radius 1 is 1.33 bits per heavy atom. The lowest BCUT2D eigenvalue weighted by Crippen LogP contribution is -2.56. The van der Waals surface area contributed by atoms with Gasteiger partial charge in [-0.2, -0.15) is 0 Å². The zero-order valence-electron chi connectivity index (χ0n) is 11.8. The van der Waals surface area contributed by atoms with Crippen LogP contribution in [-0.4, -0.2) is 42.3 Å². The van der Waals surface area contributed by atoms with E-state index < -0.39 is 6.04 Å². The Bertz CT molecular complexity index is 603. The molecule has 2 N–H and O–H groups in total. The van der Waals surface area contributed by atoms with E-state index in [1.54, 1.807) is 4.90 Å². The Morgan fingerprint density at radius 3 is 2.86 bits per heavy atom. The number of fused-ring (bicyclic) bond motifs is 1. The summed E-state index contributed by atoms with van der Waals surface area (Å²) in [5, 5.41) is 5.35. The highest BCUT2D eigenvalue weighted by molar-refractivity contribution is 6.02. The largest absolute Gasteiger partial charge is 0.388 e. The molecule has 0 saturated carbocycles. The highest BCUT2D eigenvalue weighted by atomic mass is 16.2. The van der Waals surface area contributed by atoms with E-state index in [1.165, 1.54) is 0 Å². The van der Waals surface area contributed by atoms with Crippen molar-refractivity contribution < 1.29 is 14.4 Å². The van der Waals surface area contributed by atoms with Crippen LogP contribution in [0.25, 0.3) is 0 Å². The van der Waals surface area contributed by atoms with E-state index in [0.29, 0.717) is 13.0 Å². The van der Waals surface area contributed by atoms with Crippen LogP contribution in [0.4, 0.5) is 0 Å². The molecule has 110 valence electrons. The summed E-state index contributed by atoms with van der Waals surface area (Å²) in [4.78, 5) is 37.3. The minimum atomic E-state index is -0.545. The normalized spacial score (nSPS) is 28.6. The fraction of sp³-hybridized carbons (Fsp3) is 0.400. The molecule has 0 spiro atoms. The Morgan fingerprint density at radius 2 is 2.14 bits per heavy atom. The standard InChI is InChI=1S/C15H17N3O3/c1-16-10-2-3-11-9(8-10)6-7-18(15(11)21)12-4-5-13(19)17-14(12)20/h2-3,6,8,11-12,16H,4-5,7H2,1H3,(H,17,19,20). The Labute approximate surface area is 122 Å². The number of imide groups is 1. The van der Waals surface area contributed by atoms with Crippen molar-refractivity contribution in [3.63, 3.8) is 0 Å². The first-order chi connectivity index (χ1) is 10.1. The molecule has 6 nitrogen and oxygen atoms in total. The quantitative estimate of drug-likeness (QED) is 0.692. The van der Waals surface area contributed by atoms with Crippen molar-refractivity contribution in [3.05, 3.63) is 35.6 Å². The first-order valence-corrected chi connectivity index (χ1v) is 7.02. The lowest BCUT2D eigenvalue weighted by molar-refractivity contribution is -0.146. The lowest BCUT2D eigenvalue weighted by atomic mass is 9.87. The second kappa shape index (κ2) is 5.20. The zero-order chi connectivity index (χ0) is 15.0. The fourth-order valence-electron chi connectivity index (χ4n) is 2.93. The number of piperidine rings is 1. The highest BCUT2D eigenvalue weighted by Gasteiger charge is 2.39. The first-order valence-electron chi connectivity index (χ1n) is 7.02. The second-order valence-electron chi connectivity index (χ2n) is 5.35. The zero-order valence-corrected chi connectivity index (χ0v) is 11.8. The number of carbonyl (C=O) groups excluding carboxylic acids is 3. The molecule has 21 heavy (non-hydrogen) atoms. The summed E-state index contributed by atoms with van der Waals surface area (Å²) in [6.07, 6.45) is 8.31. The third-order valence-corrected chi connectivity index (χ3v) is 4.10. The van der Waals surface area contributed by atoms with Gasteiger partial charge in [-0.05, 0) is 24.1 Å². The average Bonchev–Trinajstić information content (AvgIpc) is 2.48. The number of rotatable bonds is 2. The highest BCUT2D eigenvalue weighted by Crippen LogP contribution is 2.29. The van der Waals surface area contributed by atoms with Gasteiger partial charge in [-0.3, -0.25) is 19.7 Å². The molecule has 3 amide bonds. The van der Waals surface area contributed by atoms with E-state index in [9.17, 15) is 14.4 Å². The fourth-order valence-corrected chi connectivity index (χ4v) is 2.93. The van der Waals surface area contributed by atoms with Crippen LogP contribution in [0.2, 0.25) is 0 Å². The van der Waals surface area contributed by atoms with Crippen molar-refractivity contribution in [2.45, 2.75) is 18.9 Å². The van der Waals surface area contributed by atoms with Crippen LogP contribution in [0.1, 0.15) is 12.8 Å². The van der Waals surface area contributed by atoms with Gasteiger partial charge in [0, 0.05) is 25.7 Å². The van der Waals surface area contributed by atoms with E-state index in [-0.39, 0.29) is 30.1 Å². The molecule has 0 aromatic carbocycles. The second-order valence-corrected chi connectivity index (χ2v) is 5.35. The van der Waals surface area contributed by atoms with E-state index in [1.807, 2.05) is 31.4 Å². The molecule has 0 aromatic rings. The van der Waals surface area contributed by atoms with Crippen molar-refractivity contribution in [1.82, 2.24) is 15.5 Å². The van der Waals surface area contributed by atoms with Gasteiger partial charge >= 0.3 is 0 Å². The van der Waals surface area contributed by atoms with Gasteiger partial charge in [-0.15, -0.1) is 0 Å². The summed E-state index contributed by atoms with van der Waals surface area (Å²) in [6, 6.07) is -0.545. The molecule has 0 radical (unpaired) electrons. The molecule has 3 rings (SSSR count). The molecule has 0 aromatic heterocycles. The van der Waals surface area contributed by atoms with Gasteiger partial charge in [0.15, 0.2) is 0 Å². The smallest absolute Gasteiger partial charge is 0.249 e. The molecular weight excluding hydrogens is 270 g/mol. The summed E-state index contributed by atoms with van der Waals surface area (Å²) in [5.74, 6) is -1.05. The van der Waals surface area contributed by atoms with Crippen molar-refractivity contribution in [3.8, 4) is 0 Å². The average molecular weight is 287 g/mol. The van der Waals surface area contributed by atoms with Crippen LogP contribution in [0.5, 0.6) is 0 Å². The van der Waals surface area contributed by atoms with Gasteiger partial charge in [0.1, 0.15) is 6.04 Å². The van der Waals surface area contributed by atoms with Gasteiger partial charge in [0.05, 0.1) is 5.92 Å². The Balaban J connectivity index is 1.82. The molecule has 0 bridgehead atoms. The van der Waals surface area contributed by atoms with E-state index in [2.05, 4.69) is 10.6 Å². The SMILES string of the molecule is CNC1=CC2=CCN(C3CCC(=O)NC3=O)C(=O)C2C=C1. The summed E-state index contributed by atoms with van der Waals surface area (Å²) in [7, 11) is 1.83. The van der Waals surface area contributed by atoms with Gasteiger partial charge < -0.3 is 10.2 Å². The Hall–Kier alpha value is -2.37. The van der Waals surface area contributed by atoms with Gasteiger partial charge in [0.25, 0.3) is 0 Å². The summed E-state index contributed by atoms with van der Waals surface area (Å²) >= 11 is 0. The van der Waals surface area contributed by atoms with Crippen molar-refractivity contribution >= 4 is 17.7 Å².